The number of hydrogen-bond acceptors (Lipinski definition) is 6. The van der Waals surface area contributed by atoms with Crippen molar-refractivity contribution in [2.24, 2.45) is 0 Å². The Balaban J connectivity index is 1.31. The molecule has 3 aromatic rings. The number of urea groups is 1. The Morgan fingerprint density at radius 3 is 2.37 bits per heavy atom. The Morgan fingerprint density at radius 1 is 0.914 bits per heavy atom. The average Bonchev–Trinajstić information content (AvgIpc) is 3.32. The van der Waals surface area contributed by atoms with Crippen LogP contribution in [0.4, 0.5) is 16.2 Å². The monoisotopic (exact) mass is 495 g/mol. The van der Waals surface area contributed by atoms with E-state index in [1.165, 1.54) is 4.31 Å². The van der Waals surface area contributed by atoms with Crippen LogP contribution in [0.3, 0.4) is 0 Å². The van der Waals surface area contributed by atoms with Gasteiger partial charge in [0.15, 0.2) is 11.5 Å². The standard InChI is InChI=1S/C26H29N3O5S/c1-33-23-12-6-7-13-24(23)34-21-15-16-27(19-21)17-18-28-26(30)29(20-9-3-2-4-10-20)22-11-5-8-14-25(22)35(28,31)32/h2-14,21,31-32H,15-19H2,1H3. The number of para-hydroxylation sites is 4. The van der Waals surface area contributed by atoms with Gasteiger partial charge in [0, 0.05) is 19.6 Å². The van der Waals surface area contributed by atoms with Gasteiger partial charge in [-0.1, -0.05) is 53.2 Å². The van der Waals surface area contributed by atoms with Crippen molar-refractivity contribution in [1.29, 1.82) is 0 Å². The minimum absolute atomic E-state index is 0.00902. The van der Waals surface area contributed by atoms with Gasteiger partial charge in [0.05, 0.1) is 25.0 Å². The highest BCUT2D eigenvalue weighted by atomic mass is 32.3. The molecule has 0 saturated carbocycles. The summed E-state index contributed by atoms with van der Waals surface area (Å²) >= 11 is 0. The number of likely N-dealkylation sites (tertiary alicyclic amines) is 1. The van der Waals surface area contributed by atoms with Crippen molar-refractivity contribution in [3.05, 3.63) is 78.9 Å². The van der Waals surface area contributed by atoms with Gasteiger partial charge in [-0.25, -0.2) is 9.10 Å². The summed E-state index contributed by atoms with van der Waals surface area (Å²) in [4.78, 5) is 17.7. The van der Waals surface area contributed by atoms with Gasteiger partial charge in [-0.15, -0.1) is 0 Å². The number of fused-ring (bicyclic) bond motifs is 1. The van der Waals surface area contributed by atoms with Crippen LogP contribution in [0.15, 0.2) is 83.8 Å². The molecule has 0 radical (unpaired) electrons. The lowest BCUT2D eigenvalue weighted by Crippen LogP contribution is -2.48. The topological polar surface area (TPSA) is 85.7 Å². The average molecular weight is 496 g/mol. The molecule has 2 amide bonds. The third-order valence-electron chi connectivity index (χ3n) is 6.34. The number of rotatable bonds is 7. The van der Waals surface area contributed by atoms with Crippen molar-refractivity contribution in [1.82, 2.24) is 9.21 Å². The molecule has 2 aliphatic rings. The molecule has 0 aliphatic carbocycles. The van der Waals surface area contributed by atoms with Crippen LogP contribution in [0.25, 0.3) is 0 Å². The van der Waals surface area contributed by atoms with Gasteiger partial charge in [-0.05, 0) is 42.8 Å². The van der Waals surface area contributed by atoms with Crippen LogP contribution in [0.2, 0.25) is 0 Å². The smallest absolute Gasteiger partial charge is 0.347 e. The summed E-state index contributed by atoms with van der Waals surface area (Å²) < 4.78 is 35.1. The number of carbonyl (C=O) groups is 1. The second-order valence-electron chi connectivity index (χ2n) is 8.52. The molecule has 8 nitrogen and oxygen atoms in total. The van der Waals surface area contributed by atoms with Gasteiger partial charge in [0.25, 0.3) is 0 Å². The minimum atomic E-state index is -3.47. The highest BCUT2D eigenvalue weighted by molar-refractivity contribution is 8.22. The molecule has 35 heavy (non-hydrogen) atoms. The zero-order valence-corrected chi connectivity index (χ0v) is 20.3. The van der Waals surface area contributed by atoms with E-state index in [4.69, 9.17) is 9.47 Å². The lowest BCUT2D eigenvalue weighted by Gasteiger charge is -2.50. The maximum Gasteiger partial charge on any atom is 0.347 e. The van der Waals surface area contributed by atoms with E-state index >= 15 is 0 Å². The first kappa shape index (κ1) is 23.5. The van der Waals surface area contributed by atoms with Gasteiger partial charge in [-0.2, -0.15) is 0 Å². The fourth-order valence-corrected chi connectivity index (χ4v) is 6.16. The maximum absolute atomic E-state index is 13.6. The number of hydrogen-bond donors (Lipinski definition) is 2. The summed E-state index contributed by atoms with van der Waals surface area (Å²) in [5.74, 6) is 1.40. The van der Waals surface area contributed by atoms with Gasteiger partial charge >= 0.3 is 6.03 Å². The molecule has 9 heteroatoms. The molecule has 2 aliphatic heterocycles. The Kier molecular flexibility index (Phi) is 6.57. The van der Waals surface area contributed by atoms with Crippen molar-refractivity contribution < 1.29 is 23.4 Å². The molecule has 2 N–H and O–H groups in total. The van der Waals surface area contributed by atoms with Crippen LogP contribution in [0.5, 0.6) is 11.5 Å². The van der Waals surface area contributed by atoms with Gasteiger partial charge in [0.2, 0.25) is 0 Å². The molecule has 184 valence electrons. The van der Waals surface area contributed by atoms with Gasteiger partial charge < -0.3 is 9.47 Å². The molecule has 5 rings (SSSR count). The Bertz CT molecular complexity index is 1190. The highest BCUT2D eigenvalue weighted by Gasteiger charge is 2.42. The van der Waals surface area contributed by atoms with E-state index in [1.807, 2.05) is 54.6 Å². The summed E-state index contributed by atoms with van der Waals surface area (Å²) in [7, 11) is -1.85. The zero-order chi connectivity index (χ0) is 24.4. The number of benzene rings is 3. The molecule has 1 fully saturated rings. The molecular weight excluding hydrogens is 466 g/mol. The first-order chi connectivity index (χ1) is 17.0. The van der Waals surface area contributed by atoms with Crippen molar-refractivity contribution in [2.75, 3.05) is 38.2 Å². The number of amides is 2. The molecule has 3 aromatic carbocycles. The summed E-state index contributed by atoms with van der Waals surface area (Å²) in [6.45, 7) is 2.15. The maximum atomic E-state index is 13.6. The molecule has 1 atom stereocenters. The van der Waals surface area contributed by atoms with Crippen molar-refractivity contribution >= 4 is 28.2 Å². The summed E-state index contributed by atoms with van der Waals surface area (Å²) in [6.07, 6.45) is 0.826. The molecular formula is C26H29N3O5S. The van der Waals surface area contributed by atoms with Crippen molar-refractivity contribution in [3.8, 4) is 11.5 Å². The molecule has 0 bridgehead atoms. The molecule has 0 spiro atoms. The van der Waals surface area contributed by atoms with E-state index in [0.717, 1.165) is 13.0 Å². The molecule has 0 aromatic heterocycles. The van der Waals surface area contributed by atoms with E-state index < -0.39 is 16.8 Å². The number of carbonyl (C=O) groups excluding carboxylic acids is 1. The molecule has 1 unspecified atom stereocenters. The Hall–Kier alpha value is -3.24. The number of anilines is 2. The first-order valence-electron chi connectivity index (χ1n) is 11.5. The SMILES string of the molecule is COc1ccccc1OC1CCN(CCN2C(=O)N(c3ccccc3)c3ccccc3S2(O)O)C1. The van der Waals surface area contributed by atoms with E-state index in [1.54, 1.807) is 36.3 Å². The summed E-state index contributed by atoms with van der Waals surface area (Å²) in [6, 6.07) is 23.3. The van der Waals surface area contributed by atoms with Crippen LogP contribution in [-0.2, 0) is 0 Å². The fraction of sp³-hybridized carbons (Fsp3) is 0.269. The Morgan fingerprint density at radius 2 is 1.60 bits per heavy atom. The van der Waals surface area contributed by atoms with Gasteiger partial charge in [0.1, 0.15) is 11.0 Å². The van der Waals surface area contributed by atoms with Crippen LogP contribution >= 0.6 is 10.8 Å². The lowest BCUT2D eigenvalue weighted by atomic mass is 10.2. The fourth-order valence-electron chi connectivity index (χ4n) is 4.59. The number of nitrogens with zero attached hydrogens (tertiary/aromatic N) is 3. The second kappa shape index (κ2) is 9.79. The van der Waals surface area contributed by atoms with E-state index in [9.17, 15) is 13.9 Å². The van der Waals surface area contributed by atoms with Crippen LogP contribution < -0.4 is 14.4 Å². The predicted octanol–water partition coefficient (Wildman–Crippen LogP) is 5.45. The quantitative estimate of drug-likeness (QED) is 0.454. The first-order valence-corrected chi connectivity index (χ1v) is 13.1. The van der Waals surface area contributed by atoms with E-state index in [-0.39, 0.29) is 12.6 Å². The zero-order valence-electron chi connectivity index (χ0n) is 19.5. The van der Waals surface area contributed by atoms with Crippen LogP contribution in [-0.4, -0.2) is 63.7 Å². The van der Waals surface area contributed by atoms with E-state index in [0.29, 0.717) is 40.9 Å². The molecule has 2 heterocycles. The van der Waals surface area contributed by atoms with Crippen LogP contribution in [0, 0.1) is 0 Å². The molecule has 1 saturated heterocycles. The largest absolute Gasteiger partial charge is 0.493 e. The van der Waals surface area contributed by atoms with Crippen molar-refractivity contribution in [2.45, 2.75) is 17.4 Å². The lowest BCUT2D eigenvalue weighted by molar-refractivity contribution is 0.188. The Labute approximate surface area is 206 Å². The van der Waals surface area contributed by atoms with E-state index in [2.05, 4.69) is 4.90 Å². The number of methoxy groups -OCH3 is 1. The highest BCUT2D eigenvalue weighted by Crippen LogP contribution is 2.59. The summed E-state index contributed by atoms with van der Waals surface area (Å²) in [5.41, 5.74) is 1.17. The van der Waals surface area contributed by atoms with Crippen LogP contribution in [0.1, 0.15) is 6.42 Å². The normalized spacial score (nSPS) is 20.4. The number of ether oxygens (including phenoxy) is 2. The predicted molar refractivity (Wildman–Crippen MR) is 137 cm³/mol. The van der Waals surface area contributed by atoms with Crippen molar-refractivity contribution in [3.63, 3.8) is 0 Å². The minimum Gasteiger partial charge on any atom is -0.493 e. The summed E-state index contributed by atoms with van der Waals surface area (Å²) in [5, 5.41) is 0. The second-order valence-corrected chi connectivity index (χ2v) is 10.4. The third kappa shape index (κ3) is 4.55. The van der Waals surface area contributed by atoms with Gasteiger partial charge in [-0.3, -0.25) is 18.9 Å². The third-order valence-corrected chi connectivity index (χ3v) is 8.23.